The van der Waals surface area contributed by atoms with Gasteiger partial charge in [-0.25, -0.2) is 0 Å². The smallest absolute Gasteiger partial charge is 0.0228 e. The predicted molar refractivity (Wildman–Crippen MR) is 64.5 cm³/mol. The van der Waals surface area contributed by atoms with Crippen molar-refractivity contribution >= 4 is 11.9 Å². The average molecular weight is 209 g/mol. The molecule has 1 aliphatic carbocycles. The highest BCUT2D eigenvalue weighted by atomic mass is 32.2. The van der Waals surface area contributed by atoms with Crippen molar-refractivity contribution in [1.82, 2.24) is 4.72 Å². The molecule has 1 N–H and O–H groups in total. The first kappa shape index (κ1) is 11.6. The van der Waals surface area contributed by atoms with Gasteiger partial charge in [-0.3, -0.25) is 4.72 Å². The molecule has 1 aliphatic rings. The van der Waals surface area contributed by atoms with E-state index in [1.165, 1.54) is 23.3 Å². The second-order valence-corrected chi connectivity index (χ2v) is 4.22. The van der Waals surface area contributed by atoms with E-state index in [1.54, 1.807) is 11.9 Å². The summed E-state index contributed by atoms with van der Waals surface area (Å²) in [7, 11) is 0. The minimum absolute atomic E-state index is 0.774. The van der Waals surface area contributed by atoms with Crippen molar-refractivity contribution in [2.45, 2.75) is 44.6 Å². The third-order valence-corrected chi connectivity index (χ3v) is 2.90. The van der Waals surface area contributed by atoms with Gasteiger partial charge in [-0.05, 0) is 43.8 Å². The summed E-state index contributed by atoms with van der Waals surface area (Å²) < 4.78 is 3.41. The molecule has 1 fully saturated rings. The Bertz CT molecular complexity index is 252. The Hall–Kier alpha value is -0.470. The van der Waals surface area contributed by atoms with Crippen molar-refractivity contribution in [2.75, 3.05) is 0 Å². The van der Waals surface area contributed by atoms with Gasteiger partial charge in [0.1, 0.15) is 0 Å². The lowest BCUT2D eigenvalue weighted by Crippen LogP contribution is -2.04. The van der Waals surface area contributed by atoms with E-state index < -0.39 is 0 Å². The first-order chi connectivity index (χ1) is 6.84. The van der Waals surface area contributed by atoms with Gasteiger partial charge >= 0.3 is 0 Å². The molecule has 0 unspecified atom stereocenters. The molecular formula is C12H19NS. The van der Waals surface area contributed by atoms with Gasteiger partial charge < -0.3 is 0 Å². The molecule has 1 nitrogen and oxygen atoms in total. The lowest BCUT2D eigenvalue weighted by atomic mass is 10.2. The molecule has 78 valence electrons. The van der Waals surface area contributed by atoms with E-state index in [2.05, 4.69) is 35.9 Å². The summed E-state index contributed by atoms with van der Waals surface area (Å²) in [5.74, 6) is 0. The monoisotopic (exact) mass is 209 g/mol. The van der Waals surface area contributed by atoms with Gasteiger partial charge in [-0.2, -0.15) is 0 Å². The van der Waals surface area contributed by atoms with E-state index in [-0.39, 0.29) is 0 Å². The quantitative estimate of drug-likeness (QED) is 0.760. The molecule has 0 heterocycles. The summed E-state index contributed by atoms with van der Waals surface area (Å²) in [6.45, 7) is 6.11. The van der Waals surface area contributed by atoms with Crippen molar-refractivity contribution < 1.29 is 0 Å². The van der Waals surface area contributed by atoms with Crippen molar-refractivity contribution in [1.29, 1.82) is 0 Å². The number of hydrogen-bond donors (Lipinski definition) is 1. The third kappa shape index (κ3) is 4.16. The first-order valence-corrected chi connectivity index (χ1v) is 6.15. The molecule has 1 aromatic rings. The molecule has 0 aromatic heterocycles. The molecule has 0 bridgehead atoms. The summed E-state index contributed by atoms with van der Waals surface area (Å²) in [5.41, 5.74) is 1.32. The largest absolute Gasteiger partial charge is 0.257 e. The molecule has 1 saturated carbocycles. The second-order valence-electron chi connectivity index (χ2n) is 3.31. The molecule has 0 aliphatic heterocycles. The normalized spacial score (nSPS) is 14.5. The maximum Gasteiger partial charge on any atom is 0.0228 e. The van der Waals surface area contributed by atoms with Gasteiger partial charge in [-0.1, -0.05) is 31.5 Å². The van der Waals surface area contributed by atoms with Crippen LogP contribution in [-0.4, -0.2) is 6.04 Å². The highest BCUT2D eigenvalue weighted by Gasteiger charge is 2.20. The molecular weight excluding hydrogens is 190 g/mol. The first-order valence-electron chi connectivity index (χ1n) is 5.33. The molecule has 2 rings (SSSR count). The Balaban J connectivity index is 0.000000461. The van der Waals surface area contributed by atoms with E-state index >= 15 is 0 Å². The average Bonchev–Trinajstić information content (AvgIpc) is 3.04. The maximum atomic E-state index is 3.41. The van der Waals surface area contributed by atoms with Crippen LogP contribution in [0.5, 0.6) is 0 Å². The van der Waals surface area contributed by atoms with Crippen molar-refractivity contribution in [3.63, 3.8) is 0 Å². The zero-order valence-electron chi connectivity index (χ0n) is 9.21. The van der Waals surface area contributed by atoms with E-state index in [0.717, 1.165) is 6.04 Å². The Kier molecular flexibility index (Phi) is 5.05. The fraction of sp³-hybridized carbons (Fsp3) is 0.500. The second kappa shape index (κ2) is 6.10. The summed E-state index contributed by atoms with van der Waals surface area (Å²) in [6, 6.07) is 9.40. The number of rotatable bonds is 3. The fourth-order valence-electron chi connectivity index (χ4n) is 0.959. The molecule has 14 heavy (non-hydrogen) atoms. The molecule has 0 atom stereocenters. The summed E-state index contributed by atoms with van der Waals surface area (Å²) in [5, 5.41) is 0. The maximum absolute atomic E-state index is 3.41. The summed E-state index contributed by atoms with van der Waals surface area (Å²) in [6.07, 6.45) is 2.69. The molecule has 1 aromatic carbocycles. The van der Waals surface area contributed by atoms with Crippen LogP contribution < -0.4 is 4.72 Å². The minimum Gasteiger partial charge on any atom is -0.257 e. The fourth-order valence-corrected chi connectivity index (χ4v) is 1.77. The SMILES string of the molecule is CC.Cc1ccc(SNC2CC2)cc1. The lowest BCUT2D eigenvalue weighted by Gasteiger charge is -2.01. The van der Waals surface area contributed by atoms with Crippen LogP contribution in [0.15, 0.2) is 29.2 Å². The van der Waals surface area contributed by atoms with Crippen LogP contribution in [-0.2, 0) is 0 Å². The van der Waals surface area contributed by atoms with Gasteiger partial charge in [0.25, 0.3) is 0 Å². The van der Waals surface area contributed by atoms with Crippen molar-refractivity contribution in [2.24, 2.45) is 0 Å². The Morgan fingerprint density at radius 1 is 1.14 bits per heavy atom. The zero-order chi connectivity index (χ0) is 10.4. The van der Waals surface area contributed by atoms with Crippen LogP contribution in [0, 0.1) is 6.92 Å². The van der Waals surface area contributed by atoms with E-state index in [4.69, 9.17) is 0 Å². The highest BCUT2D eigenvalue weighted by Crippen LogP contribution is 2.25. The van der Waals surface area contributed by atoms with Crippen LogP contribution in [0.1, 0.15) is 32.3 Å². The lowest BCUT2D eigenvalue weighted by molar-refractivity contribution is 0.969. The number of aryl methyl sites for hydroxylation is 1. The molecule has 2 heteroatoms. The molecule has 0 saturated heterocycles. The number of benzene rings is 1. The van der Waals surface area contributed by atoms with Crippen LogP contribution in [0.2, 0.25) is 0 Å². The Labute approximate surface area is 91.4 Å². The molecule has 0 radical (unpaired) electrons. The standard InChI is InChI=1S/C10H13NS.C2H6/c1-8-2-6-10(7-3-8)12-11-9-4-5-9;1-2/h2-3,6-7,9,11H,4-5H2,1H3;1-2H3. The van der Waals surface area contributed by atoms with Crippen LogP contribution in [0.3, 0.4) is 0 Å². The number of nitrogens with one attached hydrogen (secondary N) is 1. The highest BCUT2D eigenvalue weighted by molar-refractivity contribution is 7.97. The molecule has 0 spiro atoms. The van der Waals surface area contributed by atoms with Gasteiger partial charge in [0, 0.05) is 10.9 Å². The third-order valence-electron chi connectivity index (χ3n) is 1.94. The topological polar surface area (TPSA) is 12.0 Å². The molecule has 0 amide bonds. The van der Waals surface area contributed by atoms with Gasteiger partial charge in [-0.15, -0.1) is 0 Å². The van der Waals surface area contributed by atoms with E-state index in [1.807, 2.05) is 13.8 Å². The summed E-state index contributed by atoms with van der Waals surface area (Å²) >= 11 is 1.75. The van der Waals surface area contributed by atoms with Gasteiger partial charge in [0.2, 0.25) is 0 Å². The van der Waals surface area contributed by atoms with Gasteiger partial charge in [0.05, 0.1) is 0 Å². The van der Waals surface area contributed by atoms with E-state index in [0.29, 0.717) is 0 Å². The van der Waals surface area contributed by atoms with Crippen molar-refractivity contribution in [3.8, 4) is 0 Å². The van der Waals surface area contributed by atoms with E-state index in [9.17, 15) is 0 Å². The number of hydrogen-bond acceptors (Lipinski definition) is 2. The predicted octanol–water partition coefficient (Wildman–Crippen LogP) is 3.78. The summed E-state index contributed by atoms with van der Waals surface area (Å²) in [4.78, 5) is 1.31. The van der Waals surface area contributed by atoms with Crippen LogP contribution >= 0.6 is 11.9 Å². The Morgan fingerprint density at radius 3 is 2.21 bits per heavy atom. The zero-order valence-corrected chi connectivity index (χ0v) is 10.0. The van der Waals surface area contributed by atoms with Crippen LogP contribution in [0.25, 0.3) is 0 Å². The van der Waals surface area contributed by atoms with Gasteiger partial charge in [0.15, 0.2) is 0 Å². The minimum atomic E-state index is 0.774. The van der Waals surface area contributed by atoms with Crippen LogP contribution in [0.4, 0.5) is 0 Å². The van der Waals surface area contributed by atoms with Crippen molar-refractivity contribution in [3.05, 3.63) is 29.8 Å². The Morgan fingerprint density at radius 2 is 1.71 bits per heavy atom.